The van der Waals surface area contributed by atoms with E-state index in [1.165, 1.54) is 0 Å². The zero-order valence-electron chi connectivity index (χ0n) is 9.87. The van der Waals surface area contributed by atoms with Crippen molar-refractivity contribution in [3.8, 4) is 11.4 Å². The third kappa shape index (κ3) is 2.50. The van der Waals surface area contributed by atoms with Gasteiger partial charge in [0.25, 0.3) is 0 Å². The Bertz CT molecular complexity index is 582. The van der Waals surface area contributed by atoms with Crippen LogP contribution in [0.15, 0.2) is 27.5 Å². The monoisotopic (exact) mass is 312 g/mol. The Morgan fingerprint density at radius 1 is 1.41 bits per heavy atom. The number of aromatic amines is 1. The van der Waals surface area contributed by atoms with E-state index in [2.05, 4.69) is 46.7 Å². The predicted octanol–water partition coefficient (Wildman–Crippen LogP) is 4.46. The van der Waals surface area contributed by atoms with Crippen LogP contribution in [0.25, 0.3) is 11.4 Å². The van der Waals surface area contributed by atoms with Gasteiger partial charge in [0.15, 0.2) is 0 Å². The first-order valence-electron chi connectivity index (χ1n) is 5.22. The van der Waals surface area contributed by atoms with Crippen LogP contribution in [0.5, 0.6) is 0 Å². The molecule has 0 unspecified atom stereocenters. The zero-order valence-corrected chi connectivity index (χ0v) is 12.3. The molecule has 2 heterocycles. The summed E-state index contributed by atoms with van der Waals surface area (Å²) in [6, 6.07) is 1.86. The van der Waals surface area contributed by atoms with E-state index in [-0.39, 0.29) is 5.41 Å². The predicted molar refractivity (Wildman–Crippen MR) is 73.5 cm³/mol. The molecule has 0 bridgehead atoms. The first-order chi connectivity index (χ1) is 7.89. The highest BCUT2D eigenvalue weighted by Gasteiger charge is 2.20. The maximum Gasteiger partial charge on any atom is 0.144 e. The number of nitrogens with zero attached hydrogens (tertiary/aromatic N) is 1. The quantitative estimate of drug-likeness (QED) is 0.790. The van der Waals surface area contributed by atoms with Crippen molar-refractivity contribution >= 4 is 28.1 Å². The van der Waals surface area contributed by atoms with Gasteiger partial charge in [-0.05, 0) is 22.0 Å². The van der Waals surface area contributed by atoms with Gasteiger partial charge in [-0.25, -0.2) is 4.98 Å². The molecule has 0 aromatic carbocycles. The summed E-state index contributed by atoms with van der Waals surface area (Å²) in [5, 5.41) is 0. The highest BCUT2D eigenvalue weighted by atomic mass is 79.9. The summed E-state index contributed by atoms with van der Waals surface area (Å²) in [7, 11) is 0. The Morgan fingerprint density at radius 2 is 2.12 bits per heavy atom. The third-order valence-corrected chi connectivity index (χ3v) is 3.74. The van der Waals surface area contributed by atoms with Crippen LogP contribution in [-0.2, 0) is 5.41 Å². The van der Waals surface area contributed by atoms with E-state index in [0.717, 1.165) is 21.6 Å². The van der Waals surface area contributed by atoms with Crippen molar-refractivity contribution < 1.29 is 4.42 Å². The average Bonchev–Trinajstić information content (AvgIpc) is 2.73. The Balaban J connectivity index is 2.67. The molecule has 2 rings (SSSR count). The number of furan rings is 1. The lowest BCUT2D eigenvalue weighted by atomic mass is 9.92. The summed E-state index contributed by atoms with van der Waals surface area (Å²) in [4.78, 5) is 7.65. The number of hydrogen-bond donors (Lipinski definition) is 1. The topological polar surface area (TPSA) is 41.8 Å². The van der Waals surface area contributed by atoms with Crippen LogP contribution in [-0.4, -0.2) is 9.97 Å². The molecule has 0 aliphatic heterocycles. The van der Waals surface area contributed by atoms with Crippen LogP contribution in [0.4, 0.5) is 0 Å². The van der Waals surface area contributed by atoms with Gasteiger partial charge >= 0.3 is 0 Å². The Kier molecular flexibility index (Phi) is 3.23. The first-order valence-corrected chi connectivity index (χ1v) is 6.42. The third-order valence-electron chi connectivity index (χ3n) is 2.41. The molecule has 5 heteroatoms. The molecule has 0 aliphatic carbocycles. The number of nitrogens with one attached hydrogen (secondary N) is 1. The summed E-state index contributed by atoms with van der Waals surface area (Å²) in [5.41, 5.74) is 1.90. The fraction of sp³-hybridized carbons (Fsp3) is 0.333. The van der Waals surface area contributed by atoms with Gasteiger partial charge < -0.3 is 9.40 Å². The van der Waals surface area contributed by atoms with Crippen molar-refractivity contribution in [3.63, 3.8) is 0 Å². The van der Waals surface area contributed by atoms with Crippen LogP contribution in [0.2, 0.25) is 0 Å². The van der Waals surface area contributed by atoms with Crippen LogP contribution in [0.1, 0.15) is 26.5 Å². The lowest BCUT2D eigenvalue weighted by Crippen LogP contribution is -2.15. The fourth-order valence-corrected chi connectivity index (χ4v) is 2.49. The molecule has 0 saturated carbocycles. The van der Waals surface area contributed by atoms with Gasteiger partial charge in [-0.2, -0.15) is 0 Å². The van der Waals surface area contributed by atoms with E-state index in [1.54, 1.807) is 12.5 Å². The van der Waals surface area contributed by atoms with E-state index in [0.29, 0.717) is 4.64 Å². The van der Waals surface area contributed by atoms with Gasteiger partial charge in [-0.15, -0.1) is 0 Å². The number of rotatable bonds is 1. The Labute approximate surface area is 113 Å². The van der Waals surface area contributed by atoms with E-state index >= 15 is 0 Å². The minimum Gasteiger partial charge on any atom is -0.472 e. The standard InChI is InChI=1S/C12H13BrN2OS/c1-12(2,3)9-8(13)11(17)15-10(14-9)7-4-5-16-6-7/h4-6H,1-3H3,(H,14,15,17). The molecule has 90 valence electrons. The number of hydrogen-bond acceptors (Lipinski definition) is 3. The van der Waals surface area contributed by atoms with Crippen molar-refractivity contribution in [1.29, 1.82) is 0 Å². The average molecular weight is 313 g/mol. The van der Waals surface area contributed by atoms with E-state index < -0.39 is 0 Å². The molecular formula is C12H13BrN2OS. The maximum absolute atomic E-state index is 5.26. The molecule has 1 N–H and O–H groups in total. The molecular weight excluding hydrogens is 300 g/mol. The second kappa shape index (κ2) is 4.38. The van der Waals surface area contributed by atoms with Gasteiger partial charge in [0.2, 0.25) is 0 Å². The molecule has 0 saturated heterocycles. The number of aromatic nitrogens is 2. The van der Waals surface area contributed by atoms with Crippen LogP contribution in [0.3, 0.4) is 0 Å². The molecule has 2 aromatic rings. The number of halogens is 1. The zero-order chi connectivity index (χ0) is 12.6. The summed E-state index contributed by atoms with van der Waals surface area (Å²) in [6.07, 6.45) is 3.26. The number of H-pyrrole nitrogens is 1. The molecule has 0 amide bonds. The summed E-state index contributed by atoms with van der Waals surface area (Å²) >= 11 is 8.75. The van der Waals surface area contributed by atoms with Gasteiger partial charge in [0.05, 0.1) is 16.3 Å². The lowest BCUT2D eigenvalue weighted by Gasteiger charge is -2.21. The van der Waals surface area contributed by atoms with Gasteiger partial charge in [0, 0.05) is 11.1 Å². The van der Waals surface area contributed by atoms with E-state index in [1.807, 2.05) is 6.07 Å². The molecule has 0 atom stereocenters. The maximum atomic E-state index is 5.26. The van der Waals surface area contributed by atoms with E-state index in [4.69, 9.17) is 16.6 Å². The fourth-order valence-electron chi connectivity index (χ4n) is 1.51. The molecule has 0 aliphatic rings. The van der Waals surface area contributed by atoms with Crippen molar-refractivity contribution in [1.82, 2.24) is 9.97 Å². The summed E-state index contributed by atoms with van der Waals surface area (Å²) in [5.74, 6) is 0.733. The highest BCUT2D eigenvalue weighted by Crippen LogP contribution is 2.30. The minimum absolute atomic E-state index is 0.0339. The second-order valence-electron chi connectivity index (χ2n) is 4.84. The van der Waals surface area contributed by atoms with Crippen molar-refractivity contribution in [2.45, 2.75) is 26.2 Å². The molecule has 0 fully saturated rings. The lowest BCUT2D eigenvalue weighted by molar-refractivity contribution is 0.561. The normalized spacial score (nSPS) is 11.8. The molecule has 0 spiro atoms. The molecule has 2 aromatic heterocycles. The first kappa shape index (κ1) is 12.5. The minimum atomic E-state index is -0.0339. The largest absolute Gasteiger partial charge is 0.472 e. The van der Waals surface area contributed by atoms with Crippen LogP contribution >= 0.6 is 28.1 Å². The molecule has 3 nitrogen and oxygen atoms in total. The summed E-state index contributed by atoms with van der Waals surface area (Å²) in [6.45, 7) is 6.37. The summed E-state index contributed by atoms with van der Waals surface area (Å²) < 4.78 is 6.47. The Morgan fingerprint density at radius 3 is 2.65 bits per heavy atom. The van der Waals surface area contributed by atoms with Crippen LogP contribution in [0, 0.1) is 4.64 Å². The van der Waals surface area contributed by atoms with Crippen molar-refractivity contribution in [3.05, 3.63) is 33.4 Å². The van der Waals surface area contributed by atoms with Gasteiger partial charge in [0.1, 0.15) is 16.7 Å². The molecule has 17 heavy (non-hydrogen) atoms. The highest BCUT2D eigenvalue weighted by molar-refractivity contribution is 9.10. The molecule has 0 radical (unpaired) electrons. The van der Waals surface area contributed by atoms with Gasteiger partial charge in [-0.1, -0.05) is 33.0 Å². The van der Waals surface area contributed by atoms with Gasteiger partial charge in [-0.3, -0.25) is 0 Å². The van der Waals surface area contributed by atoms with E-state index in [9.17, 15) is 0 Å². The van der Waals surface area contributed by atoms with Crippen LogP contribution < -0.4 is 0 Å². The Hall–Kier alpha value is -0.940. The second-order valence-corrected chi connectivity index (χ2v) is 6.02. The SMILES string of the molecule is CC(C)(C)c1[nH]c(-c2ccoc2)nc(=S)c1Br. The van der Waals surface area contributed by atoms with Crippen molar-refractivity contribution in [2.24, 2.45) is 0 Å². The smallest absolute Gasteiger partial charge is 0.144 e. The van der Waals surface area contributed by atoms with Crippen molar-refractivity contribution in [2.75, 3.05) is 0 Å².